The van der Waals surface area contributed by atoms with Gasteiger partial charge in [-0.3, -0.25) is 4.79 Å². The number of carboxylic acid groups (broad SMARTS) is 1. The highest BCUT2D eigenvalue weighted by molar-refractivity contribution is 9.10. The Morgan fingerprint density at radius 3 is 2.93 bits per heavy atom. The van der Waals surface area contributed by atoms with E-state index in [0.29, 0.717) is 11.3 Å². The Morgan fingerprint density at radius 1 is 1.64 bits per heavy atom. The highest BCUT2D eigenvalue weighted by atomic mass is 79.9. The first-order chi connectivity index (χ1) is 6.63. The lowest BCUT2D eigenvalue weighted by Crippen LogP contribution is -2.01. The van der Waals surface area contributed by atoms with Crippen LogP contribution in [-0.4, -0.2) is 11.1 Å². The summed E-state index contributed by atoms with van der Waals surface area (Å²) < 4.78 is 5.93. The number of carboxylic acids is 1. The van der Waals surface area contributed by atoms with Crippen molar-refractivity contribution in [2.24, 2.45) is 0 Å². The minimum absolute atomic E-state index is 0.0591. The molecule has 0 radical (unpaired) electrons. The molecule has 0 aliphatic rings. The summed E-state index contributed by atoms with van der Waals surface area (Å²) in [5.74, 6) is -0.377. The Balaban J connectivity index is 3.01. The summed E-state index contributed by atoms with van der Waals surface area (Å²) in [5, 5.41) is 8.64. The van der Waals surface area contributed by atoms with Gasteiger partial charge in [0.15, 0.2) is 0 Å². The van der Waals surface area contributed by atoms with Gasteiger partial charge in [0.1, 0.15) is 5.75 Å². The standard InChI is InChI=1S/C10H9BrO3/c1-2-14-9-6-8(11)4-3-7(9)5-10(12)13/h2-4,6H,1,5H2,(H,12,13). The maximum absolute atomic E-state index is 10.5. The van der Waals surface area contributed by atoms with Crippen molar-refractivity contribution in [1.82, 2.24) is 0 Å². The van der Waals surface area contributed by atoms with Crippen LogP contribution < -0.4 is 4.74 Å². The molecular weight excluding hydrogens is 248 g/mol. The molecule has 3 nitrogen and oxygen atoms in total. The summed E-state index contributed by atoms with van der Waals surface area (Å²) >= 11 is 3.27. The molecule has 1 aromatic rings. The SMILES string of the molecule is C=COc1cc(Br)ccc1CC(=O)O. The van der Waals surface area contributed by atoms with E-state index in [1.807, 2.05) is 0 Å². The zero-order valence-electron chi connectivity index (χ0n) is 7.37. The third-order valence-corrected chi connectivity index (χ3v) is 2.07. The van der Waals surface area contributed by atoms with Crippen LogP contribution >= 0.6 is 15.9 Å². The first kappa shape index (κ1) is 10.8. The fraction of sp³-hybridized carbons (Fsp3) is 0.100. The summed E-state index contributed by atoms with van der Waals surface area (Å²) in [5.41, 5.74) is 0.626. The Labute approximate surface area is 90.1 Å². The molecule has 0 atom stereocenters. The number of halogens is 1. The zero-order chi connectivity index (χ0) is 10.6. The number of hydrogen-bond donors (Lipinski definition) is 1. The molecule has 0 unspecified atom stereocenters. The topological polar surface area (TPSA) is 46.5 Å². The van der Waals surface area contributed by atoms with Crippen LogP contribution in [0.2, 0.25) is 0 Å². The molecule has 1 N–H and O–H groups in total. The number of benzene rings is 1. The molecule has 0 aromatic heterocycles. The number of hydrogen-bond acceptors (Lipinski definition) is 2. The van der Waals surface area contributed by atoms with Crippen LogP contribution in [0.25, 0.3) is 0 Å². The first-order valence-electron chi connectivity index (χ1n) is 3.91. The molecule has 1 aromatic carbocycles. The van der Waals surface area contributed by atoms with E-state index in [0.717, 1.165) is 4.47 Å². The second-order valence-electron chi connectivity index (χ2n) is 2.61. The van der Waals surface area contributed by atoms with Gasteiger partial charge in [0, 0.05) is 10.0 Å². The van der Waals surface area contributed by atoms with E-state index >= 15 is 0 Å². The molecule has 1 rings (SSSR count). The van der Waals surface area contributed by atoms with Crippen molar-refractivity contribution in [1.29, 1.82) is 0 Å². The van der Waals surface area contributed by atoms with E-state index in [9.17, 15) is 4.79 Å². The number of rotatable bonds is 4. The second-order valence-corrected chi connectivity index (χ2v) is 3.52. The van der Waals surface area contributed by atoms with Crippen molar-refractivity contribution in [2.75, 3.05) is 0 Å². The summed E-state index contributed by atoms with van der Waals surface area (Å²) in [7, 11) is 0. The maximum Gasteiger partial charge on any atom is 0.307 e. The third kappa shape index (κ3) is 2.88. The van der Waals surface area contributed by atoms with Crippen LogP contribution in [0.1, 0.15) is 5.56 Å². The quantitative estimate of drug-likeness (QED) is 0.843. The van der Waals surface area contributed by atoms with E-state index in [2.05, 4.69) is 22.5 Å². The van der Waals surface area contributed by atoms with E-state index in [1.54, 1.807) is 18.2 Å². The van der Waals surface area contributed by atoms with Gasteiger partial charge < -0.3 is 9.84 Å². The predicted molar refractivity (Wildman–Crippen MR) is 56.3 cm³/mol. The lowest BCUT2D eigenvalue weighted by Gasteiger charge is -2.06. The predicted octanol–water partition coefficient (Wildman–Crippen LogP) is 2.60. The first-order valence-corrected chi connectivity index (χ1v) is 4.70. The Kier molecular flexibility index (Phi) is 3.71. The van der Waals surface area contributed by atoms with Crippen LogP contribution in [0.5, 0.6) is 5.75 Å². The molecule has 0 amide bonds. The lowest BCUT2D eigenvalue weighted by molar-refractivity contribution is -0.136. The molecule has 0 aliphatic carbocycles. The molecule has 0 saturated carbocycles. The molecule has 0 fully saturated rings. The van der Waals surface area contributed by atoms with Crippen LogP contribution in [0, 0.1) is 0 Å². The average molecular weight is 257 g/mol. The Bertz CT molecular complexity index is 360. The Hall–Kier alpha value is -1.29. The fourth-order valence-corrected chi connectivity index (χ4v) is 1.38. The molecule has 0 spiro atoms. The smallest absolute Gasteiger partial charge is 0.307 e. The molecule has 74 valence electrons. The van der Waals surface area contributed by atoms with Crippen LogP contribution in [0.3, 0.4) is 0 Å². The minimum Gasteiger partial charge on any atom is -0.481 e. The van der Waals surface area contributed by atoms with Gasteiger partial charge in [-0.1, -0.05) is 28.6 Å². The molecule has 0 saturated heterocycles. The fourth-order valence-electron chi connectivity index (χ4n) is 1.04. The third-order valence-electron chi connectivity index (χ3n) is 1.58. The molecule has 4 heteroatoms. The molecule has 14 heavy (non-hydrogen) atoms. The van der Waals surface area contributed by atoms with Crippen LogP contribution in [0.15, 0.2) is 35.5 Å². The molecular formula is C10H9BrO3. The lowest BCUT2D eigenvalue weighted by atomic mass is 10.1. The summed E-state index contributed by atoms with van der Waals surface area (Å²) in [6, 6.07) is 5.19. The molecule has 0 aliphatic heterocycles. The van der Waals surface area contributed by atoms with Gasteiger partial charge in [-0.2, -0.15) is 0 Å². The second kappa shape index (κ2) is 4.81. The van der Waals surface area contributed by atoms with E-state index < -0.39 is 5.97 Å². The average Bonchev–Trinajstić information content (AvgIpc) is 2.09. The number of aliphatic carboxylic acids is 1. The van der Waals surface area contributed by atoms with Crippen molar-refractivity contribution < 1.29 is 14.6 Å². The number of carbonyl (C=O) groups is 1. The van der Waals surface area contributed by atoms with Gasteiger partial charge in [-0.25, -0.2) is 0 Å². The van der Waals surface area contributed by atoms with Crippen molar-refractivity contribution in [2.45, 2.75) is 6.42 Å². The van der Waals surface area contributed by atoms with Gasteiger partial charge in [-0.05, 0) is 12.1 Å². The molecule has 0 bridgehead atoms. The largest absolute Gasteiger partial charge is 0.481 e. The van der Waals surface area contributed by atoms with Crippen LogP contribution in [-0.2, 0) is 11.2 Å². The van der Waals surface area contributed by atoms with Crippen molar-refractivity contribution in [3.05, 3.63) is 41.1 Å². The number of ether oxygens (including phenoxy) is 1. The van der Waals surface area contributed by atoms with Gasteiger partial charge >= 0.3 is 5.97 Å². The van der Waals surface area contributed by atoms with Crippen LogP contribution in [0.4, 0.5) is 0 Å². The summed E-state index contributed by atoms with van der Waals surface area (Å²) in [6.07, 6.45) is 1.21. The monoisotopic (exact) mass is 256 g/mol. The minimum atomic E-state index is -0.888. The van der Waals surface area contributed by atoms with Gasteiger partial charge in [0.05, 0.1) is 12.7 Å². The van der Waals surface area contributed by atoms with Crippen molar-refractivity contribution in [3.8, 4) is 5.75 Å². The van der Waals surface area contributed by atoms with Crippen molar-refractivity contribution >= 4 is 21.9 Å². The normalized spacial score (nSPS) is 9.50. The van der Waals surface area contributed by atoms with Crippen molar-refractivity contribution in [3.63, 3.8) is 0 Å². The van der Waals surface area contributed by atoms with E-state index in [4.69, 9.17) is 9.84 Å². The van der Waals surface area contributed by atoms with Gasteiger partial charge in [0.25, 0.3) is 0 Å². The highest BCUT2D eigenvalue weighted by Gasteiger charge is 2.07. The zero-order valence-corrected chi connectivity index (χ0v) is 8.95. The van der Waals surface area contributed by atoms with E-state index in [-0.39, 0.29) is 6.42 Å². The van der Waals surface area contributed by atoms with Gasteiger partial charge in [-0.15, -0.1) is 0 Å². The Morgan fingerprint density at radius 2 is 2.36 bits per heavy atom. The summed E-state index contributed by atoms with van der Waals surface area (Å²) in [4.78, 5) is 10.5. The summed E-state index contributed by atoms with van der Waals surface area (Å²) in [6.45, 7) is 3.42. The highest BCUT2D eigenvalue weighted by Crippen LogP contribution is 2.24. The maximum atomic E-state index is 10.5. The van der Waals surface area contributed by atoms with Gasteiger partial charge in [0.2, 0.25) is 0 Å². The molecule has 0 heterocycles. The van der Waals surface area contributed by atoms with E-state index in [1.165, 1.54) is 6.26 Å².